The number of benzene rings is 1. The lowest BCUT2D eigenvalue weighted by Gasteiger charge is -2.34. The third kappa shape index (κ3) is 4.27. The third-order valence-corrected chi connectivity index (χ3v) is 4.18. The van der Waals surface area contributed by atoms with Crippen LogP contribution in [-0.2, 0) is 6.54 Å². The smallest absolute Gasteiger partial charge is 0.203 e. The molecule has 1 fully saturated rings. The Labute approximate surface area is 138 Å². The van der Waals surface area contributed by atoms with E-state index in [1.165, 1.54) is 0 Å². The van der Waals surface area contributed by atoms with Crippen molar-refractivity contribution < 1.29 is 14.2 Å². The number of methoxy groups -OCH3 is 3. The summed E-state index contributed by atoms with van der Waals surface area (Å²) in [5.74, 6) is 2.05. The highest BCUT2D eigenvalue weighted by molar-refractivity contribution is 5.55. The van der Waals surface area contributed by atoms with Crippen LogP contribution in [0, 0.1) is 11.3 Å². The monoisotopic (exact) mass is 319 g/mol. The molecule has 126 valence electrons. The fourth-order valence-corrected chi connectivity index (χ4v) is 2.91. The largest absolute Gasteiger partial charge is 0.493 e. The van der Waals surface area contributed by atoms with Gasteiger partial charge in [0.05, 0.1) is 27.4 Å². The molecule has 0 amide bonds. The summed E-state index contributed by atoms with van der Waals surface area (Å²) < 4.78 is 16.3. The van der Waals surface area contributed by atoms with Gasteiger partial charge in [0.1, 0.15) is 0 Å². The number of nitriles is 1. The molecular weight excluding hydrogens is 294 g/mol. The predicted octanol–water partition coefficient (Wildman–Crippen LogP) is 1.74. The van der Waals surface area contributed by atoms with E-state index in [1.807, 2.05) is 12.1 Å². The predicted molar refractivity (Wildman–Crippen MR) is 88.0 cm³/mol. The molecule has 1 aliphatic heterocycles. The van der Waals surface area contributed by atoms with Crippen molar-refractivity contribution in [1.82, 2.24) is 9.80 Å². The Bertz CT molecular complexity index is 549. The molecule has 0 atom stereocenters. The average Bonchev–Trinajstić information content (AvgIpc) is 2.60. The van der Waals surface area contributed by atoms with Gasteiger partial charge < -0.3 is 14.2 Å². The van der Waals surface area contributed by atoms with Crippen molar-refractivity contribution in [3.63, 3.8) is 0 Å². The zero-order valence-corrected chi connectivity index (χ0v) is 14.2. The molecule has 23 heavy (non-hydrogen) atoms. The summed E-state index contributed by atoms with van der Waals surface area (Å²) in [4.78, 5) is 4.73. The van der Waals surface area contributed by atoms with Crippen LogP contribution in [0.1, 0.15) is 12.0 Å². The normalized spacial score (nSPS) is 15.9. The highest BCUT2D eigenvalue weighted by Gasteiger charge is 2.21. The zero-order chi connectivity index (χ0) is 16.7. The molecule has 0 N–H and O–H groups in total. The summed E-state index contributed by atoms with van der Waals surface area (Å²) in [6, 6.07) is 6.15. The molecule has 1 aliphatic rings. The Morgan fingerprint density at radius 3 is 2.17 bits per heavy atom. The Morgan fingerprint density at radius 2 is 1.61 bits per heavy atom. The molecule has 0 unspecified atom stereocenters. The van der Waals surface area contributed by atoms with Gasteiger partial charge >= 0.3 is 0 Å². The molecule has 2 rings (SSSR count). The van der Waals surface area contributed by atoms with E-state index in [2.05, 4.69) is 15.9 Å². The van der Waals surface area contributed by atoms with Crippen LogP contribution in [0.5, 0.6) is 17.2 Å². The number of hydrogen-bond acceptors (Lipinski definition) is 6. The van der Waals surface area contributed by atoms with Crippen molar-refractivity contribution in [3.8, 4) is 23.3 Å². The SMILES string of the molecule is COc1ccc(CN2CCN(CCC#N)CC2)c(OC)c1OC. The lowest BCUT2D eigenvalue weighted by Crippen LogP contribution is -2.46. The van der Waals surface area contributed by atoms with E-state index in [1.54, 1.807) is 21.3 Å². The van der Waals surface area contributed by atoms with Gasteiger partial charge in [-0.1, -0.05) is 6.07 Å². The number of nitrogens with zero attached hydrogens (tertiary/aromatic N) is 3. The van der Waals surface area contributed by atoms with Crippen molar-refractivity contribution >= 4 is 0 Å². The van der Waals surface area contributed by atoms with Crippen LogP contribution in [0.3, 0.4) is 0 Å². The summed E-state index contributed by atoms with van der Waals surface area (Å²) in [6.45, 7) is 5.65. The van der Waals surface area contributed by atoms with Gasteiger partial charge in [0.25, 0.3) is 0 Å². The van der Waals surface area contributed by atoms with E-state index in [9.17, 15) is 0 Å². The van der Waals surface area contributed by atoms with Crippen LogP contribution in [-0.4, -0.2) is 63.9 Å². The van der Waals surface area contributed by atoms with E-state index in [-0.39, 0.29) is 0 Å². The summed E-state index contributed by atoms with van der Waals surface area (Å²) in [5.41, 5.74) is 1.09. The highest BCUT2D eigenvalue weighted by atomic mass is 16.5. The van der Waals surface area contributed by atoms with Gasteiger partial charge in [-0.25, -0.2) is 0 Å². The summed E-state index contributed by atoms with van der Waals surface area (Å²) in [5, 5.41) is 8.67. The fraction of sp³-hybridized carbons (Fsp3) is 0.588. The maximum absolute atomic E-state index is 8.67. The molecule has 1 heterocycles. The van der Waals surface area contributed by atoms with E-state index in [0.717, 1.165) is 50.6 Å². The molecule has 6 heteroatoms. The first kappa shape index (κ1) is 17.4. The van der Waals surface area contributed by atoms with Gasteiger partial charge in [-0.05, 0) is 6.07 Å². The lowest BCUT2D eigenvalue weighted by molar-refractivity contribution is 0.128. The van der Waals surface area contributed by atoms with E-state index >= 15 is 0 Å². The molecule has 0 aromatic heterocycles. The van der Waals surface area contributed by atoms with Gasteiger partial charge in [-0.3, -0.25) is 9.80 Å². The van der Waals surface area contributed by atoms with Gasteiger partial charge in [0, 0.05) is 51.3 Å². The van der Waals surface area contributed by atoms with Crippen LogP contribution in [0.4, 0.5) is 0 Å². The molecule has 0 spiro atoms. The van der Waals surface area contributed by atoms with Crippen LogP contribution in [0.15, 0.2) is 12.1 Å². The lowest BCUT2D eigenvalue weighted by atomic mass is 10.1. The first-order valence-corrected chi connectivity index (χ1v) is 7.83. The quantitative estimate of drug-likeness (QED) is 0.763. The summed E-state index contributed by atoms with van der Waals surface area (Å²) >= 11 is 0. The van der Waals surface area contributed by atoms with Gasteiger partial charge in [-0.2, -0.15) is 5.26 Å². The third-order valence-electron chi connectivity index (χ3n) is 4.18. The molecular formula is C17H25N3O3. The van der Waals surface area contributed by atoms with E-state index < -0.39 is 0 Å². The molecule has 0 bridgehead atoms. The van der Waals surface area contributed by atoms with Crippen molar-refractivity contribution in [1.29, 1.82) is 5.26 Å². The zero-order valence-electron chi connectivity index (χ0n) is 14.2. The van der Waals surface area contributed by atoms with Crippen molar-refractivity contribution in [2.45, 2.75) is 13.0 Å². The average molecular weight is 319 g/mol. The minimum atomic E-state index is 0.601. The van der Waals surface area contributed by atoms with Gasteiger partial charge in [0.15, 0.2) is 11.5 Å². The van der Waals surface area contributed by atoms with E-state index in [0.29, 0.717) is 17.9 Å². The van der Waals surface area contributed by atoms with Crippen molar-refractivity contribution in [2.24, 2.45) is 0 Å². The first-order chi connectivity index (χ1) is 11.2. The summed E-state index contributed by atoms with van der Waals surface area (Å²) in [7, 11) is 4.90. The molecule has 1 aromatic carbocycles. The maximum Gasteiger partial charge on any atom is 0.203 e. The molecule has 0 radical (unpaired) electrons. The maximum atomic E-state index is 8.67. The van der Waals surface area contributed by atoms with Crippen LogP contribution < -0.4 is 14.2 Å². The summed E-state index contributed by atoms with van der Waals surface area (Å²) in [6.07, 6.45) is 0.601. The Morgan fingerprint density at radius 1 is 0.957 bits per heavy atom. The first-order valence-electron chi connectivity index (χ1n) is 7.83. The second-order valence-electron chi connectivity index (χ2n) is 5.52. The molecule has 0 aliphatic carbocycles. The Balaban J connectivity index is 2.02. The molecule has 1 saturated heterocycles. The van der Waals surface area contributed by atoms with Crippen molar-refractivity contribution in [3.05, 3.63) is 17.7 Å². The van der Waals surface area contributed by atoms with Crippen LogP contribution in [0.25, 0.3) is 0 Å². The number of rotatable bonds is 7. The van der Waals surface area contributed by atoms with Crippen molar-refractivity contribution in [2.75, 3.05) is 54.1 Å². The number of piperazine rings is 1. The van der Waals surface area contributed by atoms with E-state index in [4.69, 9.17) is 19.5 Å². The van der Waals surface area contributed by atoms with Crippen LogP contribution >= 0.6 is 0 Å². The fourth-order valence-electron chi connectivity index (χ4n) is 2.91. The molecule has 1 aromatic rings. The number of hydrogen-bond donors (Lipinski definition) is 0. The van der Waals surface area contributed by atoms with Crippen LogP contribution in [0.2, 0.25) is 0 Å². The number of ether oxygens (including phenoxy) is 3. The Hall–Kier alpha value is -1.97. The molecule has 0 saturated carbocycles. The minimum absolute atomic E-state index is 0.601. The van der Waals surface area contributed by atoms with Gasteiger partial charge in [-0.15, -0.1) is 0 Å². The van der Waals surface area contributed by atoms with Gasteiger partial charge in [0.2, 0.25) is 5.75 Å². The second kappa shape index (κ2) is 8.61. The second-order valence-corrected chi connectivity index (χ2v) is 5.52. The minimum Gasteiger partial charge on any atom is -0.493 e. The highest BCUT2D eigenvalue weighted by Crippen LogP contribution is 2.40. The molecule has 6 nitrogen and oxygen atoms in total. The Kier molecular flexibility index (Phi) is 6.51. The topological polar surface area (TPSA) is 58.0 Å². The standard InChI is InChI=1S/C17H25N3O3/c1-21-15-6-5-14(16(22-2)17(15)23-3)13-20-11-9-19(10-12-20)8-4-7-18/h5-6H,4,8-13H2,1-3H3.